The minimum absolute atomic E-state index is 0.221. The maximum Gasteiger partial charge on any atom is 0.343 e. The zero-order chi connectivity index (χ0) is 28.3. The number of carbonyl (C=O) groups is 2. The molecular weight excluding hydrogens is 580 g/mol. The summed E-state index contributed by atoms with van der Waals surface area (Å²) in [7, 11) is 2.98. The number of para-hydroxylation sites is 2. The van der Waals surface area contributed by atoms with Gasteiger partial charge in [-0.15, -0.1) is 0 Å². The SMILES string of the molecule is COc1ccc(C(=O)Oc2ccc(Br)cc2/C=N/NC(=O)C(Oc2ccccc2)Oc2ccccc2)cc1OC. The highest BCUT2D eigenvalue weighted by atomic mass is 79.9. The summed E-state index contributed by atoms with van der Waals surface area (Å²) >= 11 is 3.40. The van der Waals surface area contributed by atoms with E-state index in [0.29, 0.717) is 33.0 Å². The van der Waals surface area contributed by atoms with E-state index in [4.69, 9.17) is 23.7 Å². The lowest BCUT2D eigenvalue weighted by Crippen LogP contribution is -2.40. The molecule has 0 unspecified atom stereocenters. The van der Waals surface area contributed by atoms with Gasteiger partial charge in [-0.25, -0.2) is 10.2 Å². The Labute approximate surface area is 239 Å². The lowest BCUT2D eigenvalue weighted by Gasteiger charge is -2.18. The molecule has 0 radical (unpaired) electrons. The van der Waals surface area contributed by atoms with Crippen molar-refractivity contribution in [3.05, 3.63) is 113 Å². The van der Waals surface area contributed by atoms with Crippen molar-refractivity contribution in [2.24, 2.45) is 5.10 Å². The summed E-state index contributed by atoms with van der Waals surface area (Å²) in [4.78, 5) is 25.8. The molecule has 1 N–H and O–H groups in total. The number of benzene rings is 4. The number of ether oxygens (including phenoxy) is 5. The van der Waals surface area contributed by atoms with Crippen molar-refractivity contribution in [1.29, 1.82) is 0 Å². The van der Waals surface area contributed by atoms with E-state index in [9.17, 15) is 9.59 Å². The van der Waals surface area contributed by atoms with Crippen molar-refractivity contribution in [2.45, 2.75) is 6.29 Å². The third-order valence-corrected chi connectivity index (χ3v) is 5.85. The number of amides is 1. The summed E-state index contributed by atoms with van der Waals surface area (Å²) in [5, 5.41) is 4.04. The van der Waals surface area contributed by atoms with Crippen LogP contribution in [0.15, 0.2) is 107 Å². The van der Waals surface area contributed by atoms with Crippen LogP contribution < -0.4 is 29.1 Å². The Morgan fingerprint density at radius 2 is 1.38 bits per heavy atom. The van der Waals surface area contributed by atoms with Crippen LogP contribution in [0.2, 0.25) is 0 Å². The van der Waals surface area contributed by atoms with Crippen molar-refractivity contribution in [1.82, 2.24) is 5.43 Å². The van der Waals surface area contributed by atoms with Crippen LogP contribution in [-0.4, -0.2) is 38.6 Å². The average molecular weight is 605 g/mol. The topological polar surface area (TPSA) is 105 Å². The van der Waals surface area contributed by atoms with Crippen LogP contribution >= 0.6 is 15.9 Å². The van der Waals surface area contributed by atoms with E-state index >= 15 is 0 Å². The van der Waals surface area contributed by atoms with E-state index in [1.807, 2.05) is 12.1 Å². The maximum atomic E-state index is 13.0. The zero-order valence-electron chi connectivity index (χ0n) is 21.6. The molecule has 204 valence electrons. The van der Waals surface area contributed by atoms with Gasteiger partial charge in [-0.1, -0.05) is 52.3 Å². The summed E-state index contributed by atoms with van der Waals surface area (Å²) in [6.45, 7) is 0. The Balaban J connectivity index is 1.49. The van der Waals surface area contributed by atoms with Crippen LogP contribution in [0.4, 0.5) is 0 Å². The van der Waals surface area contributed by atoms with Gasteiger partial charge in [0.1, 0.15) is 17.2 Å². The molecule has 0 aliphatic heterocycles. The van der Waals surface area contributed by atoms with E-state index in [-0.39, 0.29) is 11.3 Å². The number of rotatable bonds is 11. The number of nitrogens with one attached hydrogen (secondary N) is 1. The minimum Gasteiger partial charge on any atom is -0.493 e. The summed E-state index contributed by atoms with van der Waals surface area (Å²) in [6.07, 6.45) is 0.0222. The molecule has 0 saturated carbocycles. The molecule has 0 heterocycles. The Bertz CT molecular complexity index is 1440. The number of hydrogen-bond acceptors (Lipinski definition) is 8. The molecule has 4 aromatic rings. The molecule has 1 amide bonds. The summed E-state index contributed by atoms with van der Waals surface area (Å²) in [6, 6.07) is 27.3. The Morgan fingerprint density at radius 1 is 0.775 bits per heavy atom. The first-order chi connectivity index (χ1) is 19.5. The van der Waals surface area contributed by atoms with Gasteiger partial charge in [0.05, 0.1) is 26.0 Å². The second-order valence-electron chi connectivity index (χ2n) is 8.07. The molecule has 10 heteroatoms. The Morgan fingerprint density at radius 3 is 1.98 bits per heavy atom. The summed E-state index contributed by atoms with van der Waals surface area (Å²) in [5.41, 5.74) is 3.11. The molecule has 0 aliphatic carbocycles. The predicted molar refractivity (Wildman–Crippen MR) is 152 cm³/mol. The van der Waals surface area contributed by atoms with Crippen molar-refractivity contribution in [3.63, 3.8) is 0 Å². The summed E-state index contributed by atoms with van der Waals surface area (Å²) in [5.74, 6) is 0.716. The van der Waals surface area contributed by atoms with Crippen LogP contribution in [0, 0.1) is 0 Å². The third-order valence-electron chi connectivity index (χ3n) is 5.36. The van der Waals surface area contributed by atoms with Crippen LogP contribution in [-0.2, 0) is 4.79 Å². The van der Waals surface area contributed by atoms with Crippen molar-refractivity contribution in [2.75, 3.05) is 14.2 Å². The second kappa shape index (κ2) is 13.8. The monoisotopic (exact) mass is 604 g/mol. The van der Waals surface area contributed by atoms with Gasteiger partial charge in [0.15, 0.2) is 11.5 Å². The minimum atomic E-state index is -1.33. The fraction of sp³-hybridized carbons (Fsp3) is 0.100. The van der Waals surface area contributed by atoms with Gasteiger partial charge >= 0.3 is 18.2 Å². The van der Waals surface area contributed by atoms with Gasteiger partial charge in [0.2, 0.25) is 0 Å². The molecule has 0 spiro atoms. The fourth-order valence-corrected chi connectivity index (χ4v) is 3.81. The number of nitrogens with zero attached hydrogens (tertiary/aromatic N) is 1. The smallest absolute Gasteiger partial charge is 0.343 e. The van der Waals surface area contributed by atoms with Crippen LogP contribution in [0.25, 0.3) is 0 Å². The van der Waals surface area contributed by atoms with E-state index in [1.54, 1.807) is 78.9 Å². The Kier molecular flexibility index (Phi) is 9.73. The number of halogens is 1. The predicted octanol–water partition coefficient (Wildman–Crippen LogP) is 5.62. The molecule has 0 saturated heterocycles. The van der Waals surface area contributed by atoms with Gasteiger partial charge in [0, 0.05) is 10.0 Å². The molecule has 4 aromatic carbocycles. The highest BCUT2D eigenvalue weighted by Gasteiger charge is 2.23. The largest absolute Gasteiger partial charge is 0.493 e. The molecule has 4 rings (SSSR count). The van der Waals surface area contributed by atoms with Crippen LogP contribution in [0.1, 0.15) is 15.9 Å². The van der Waals surface area contributed by atoms with E-state index in [0.717, 1.165) is 0 Å². The standard InChI is InChI=1S/C30H25BrN2O7/c1-36-26-15-13-20(18-27(26)37-2)29(35)40-25-16-14-22(31)17-21(25)19-32-33-28(34)30(38-23-9-5-3-6-10-23)39-24-11-7-4-8-12-24/h3-19,30H,1-2H3,(H,33,34)/b32-19+. The van der Waals surface area contributed by atoms with Crippen LogP contribution in [0.5, 0.6) is 28.7 Å². The normalized spacial score (nSPS) is 10.7. The molecule has 0 fully saturated rings. The molecule has 0 aliphatic rings. The first kappa shape index (κ1) is 28.2. The van der Waals surface area contributed by atoms with E-state index in [2.05, 4.69) is 26.5 Å². The first-order valence-electron chi connectivity index (χ1n) is 12.0. The fourth-order valence-electron chi connectivity index (χ4n) is 3.43. The number of hydrazone groups is 1. The van der Waals surface area contributed by atoms with Gasteiger partial charge in [-0.3, -0.25) is 4.79 Å². The van der Waals surface area contributed by atoms with Gasteiger partial charge < -0.3 is 23.7 Å². The van der Waals surface area contributed by atoms with E-state index < -0.39 is 18.2 Å². The average Bonchev–Trinajstić information content (AvgIpc) is 2.98. The zero-order valence-corrected chi connectivity index (χ0v) is 23.2. The van der Waals surface area contributed by atoms with Gasteiger partial charge in [-0.05, 0) is 60.7 Å². The van der Waals surface area contributed by atoms with Gasteiger partial charge in [-0.2, -0.15) is 5.10 Å². The number of methoxy groups -OCH3 is 2. The summed E-state index contributed by atoms with van der Waals surface area (Å²) < 4.78 is 28.3. The highest BCUT2D eigenvalue weighted by Crippen LogP contribution is 2.29. The van der Waals surface area contributed by atoms with Crippen molar-refractivity contribution in [3.8, 4) is 28.7 Å². The second-order valence-corrected chi connectivity index (χ2v) is 8.99. The first-order valence-corrected chi connectivity index (χ1v) is 12.8. The molecule has 40 heavy (non-hydrogen) atoms. The maximum absolute atomic E-state index is 13.0. The number of hydrogen-bond donors (Lipinski definition) is 1. The molecule has 9 nitrogen and oxygen atoms in total. The lowest BCUT2D eigenvalue weighted by atomic mass is 10.2. The van der Waals surface area contributed by atoms with Crippen molar-refractivity contribution >= 4 is 34.0 Å². The van der Waals surface area contributed by atoms with Gasteiger partial charge in [0.25, 0.3) is 0 Å². The molecular formula is C30H25BrN2O7. The van der Waals surface area contributed by atoms with E-state index in [1.165, 1.54) is 26.5 Å². The van der Waals surface area contributed by atoms with Crippen molar-refractivity contribution < 1.29 is 33.3 Å². The molecule has 0 bridgehead atoms. The number of esters is 1. The van der Waals surface area contributed by atoms with Crippen LogP contribution in [0.3, 0.4) is 0 Å². The Hall–Kier alpha value is -4.83. The third kappa shape index (κ3) is 7.61. The quantitative estimate of drug-likeness (QED) is 0.0778. The molecule has 0 atom stereocenters. The lowest BCUT2D eigenvalue weighted by molar-refractivity contribution is -0.140. The number of carbonyl (C=O) groups excluding carboxylic acids is 2. The molecule has 0 aromatic heterocycles. The highest BCUT2D eigenvalue weighted by molar-refractivity contribution is 9.10.